The van der Waals surface area contributed by atoms with Gasteiger partial charge in [-0.3, -0.25) is 0 Å². The van der Waals surface area contributed by atoms with E-state index in [0.717, 1.165) is 26.8 Å². The lowest BCUT2D eigenvalue weighted by molar-refractivity contribution is -0.469. The third-order valence-electron chi connectivity index (χ3n) is 3.70. The minimum atomic E-state index is 0.315. The Kier molecular flexibility index (Phi) is 4.24. The highest BCUT2D eigenvalue weighted by atomic mass is 16.5. The van der Waals surface area contributed by atoms with Gasteiger partial charge < -0.3 is 10.5 Å². The van der Waals surface area contributed by atoms with E-state index in [1.165, 1.54) is 5.56 Å². The number of aryl methyl sites for hydroxylation is 1. The van der Waals surface area contributed by atoms with Crippen molar-refractivity contribution in [2.75, 3.05) is 12.4 Å². The fraction of sp³-hybridized carbons (Fsp3) is 0.158. The Balaban J connectivity index is 1.98. The van der Waals surface area contributed by atoms with E-state index in [0.29, 0.717) is 12.4 Å². The quantitative estimate of drug-likeness (QED) is 0.346. The summed E-state index contributed by atoms with van der Waals surface area (Å²) in [6.07, 6.45) is 1.59. The summed E-state index contributed by atoms with van der Waals surface area (Å²) in [6.45, 7) is 2.36. The number of hydroxylamine groups is 1. The first-order valence-electron chi connectivity index (χ1n) is 7.57. The van der Waals surface area contributed by atoms with Crippen molar-refractivity contribution in [3.63, 3.8) is 0 Å². The van der Waals surface area contributed by atoms with Gasteiger partial charge in [-0.05, 0) is 25.1 Å². The van der Waals surface area contributed by atoms with E-state index >= 15 is 0 Å². The van der Waals surface area contributed by atoms with Gasteiger partial charge >= 0.3 is 0 Å². The number of nitrogens with zero attached hydrogens (tertiary/aromatic N) is 2. The average molecular weight is 305 g/mol. The molecule has 0 fully saturated rings. The van der Waals surface area contributed by atoms with Crippen LogP contribution in [-0.4, -0.2) is 23.0 Å². The zero-order valence-electron chi connectivity index (χ0n) is 13.3. The maximum Gasteiger partial charge on any atom is 0.185 e. The smallest absolute Gasteiger partial charge is 0.185 e. The minimum Gasteiger partial charge on any atom is -0.624 e. The number of rotatable bonds is 4. The van der Waals surface area contributed by atoms with Crippen molar-refractivity contribution >= 4 is 22.9 Å². The maximum absolute atomic E-state index is 12.3. The van der Waals surface area contributed by atoms with Crippen molar-refractivity contribution in [1.29, 1.82) is 0 Å². The highest BCUT2D eigenvalue weighted by Crippen LogP contribution is 2.20. The average Bonchev–Trinajstić information content (AvgIpc) is 2.55. The number of hydrogen-bond acceptors (Lipinski definition) is 3. The topological polar surface area (TPSA) is 51.0 Å². The van der Waals surface area contributed by atoms with Crippen molar-refractivity contribution in [3.05, 3.63) is 76.5 Å². The van der Waals surface area contributed by atoms with Crippen LogP contribution in [0.2, 0.25) is 0 Å². The van der Waals surface area contributed by atoms with Crippen LogP contribution < -0.4 is 5.32 Å². The van der Waals surface area contributed by atoms with Gasteiger partial charge in [-0.2, -0.15) is 0 Å². The Bertz CT molecular complexity index is 857. The molecule has 0 atom stereocenters. The van der Waals surface area contributed by atoms with Crippen LogP contribution in [-0.2, 0) is 6.54 Å². The van der Waals surface area contributed by atoms with E-state index in [4.69, 9.17) is 0 Å². The van der Waals surface area contributed by atoms with Crippen LogP contribution in [0, 0.1) is 12.1 Å². The van der Waals surface area contributed by atoms with Crippen molar-refractivity contribution in [2.45, 2.75) is 13.5 Å². The molecule has 0 amide bonds. The van der Waals surface area contributed by atoms with Gasteiger partial charge in [0.05, 0.1) is 11.1 Å². The fourth-order valence-electron chi connectivity index (χ4n) is 2.58. The van der Waals surface area contributed by atoms with Crippen molar-refractivity contribution in [2.24, 2.45) is 0 Å². The Labute approximate surface area is 135 Å². The van der Waals surface area contributed by atoms with E-state index < -0.39 is 0 Å². The molecule has 3 rings (SSSR count). The number of aromatic nitrogens is 1. The zero-order valence-corrected chi connectivity index (χ0v) is 13.3. The largest absolute Gasteiger partial charge is 0.624 e. The van der Waals surface area contributed by atoms with Gasteiger partial charge in [0.25, 0.3) is 0 Å². The minimum absolute atomic E-state index is 0.315. The van der Waals surface area contributed by atoms with Crippen LogP contribution in [0.3, 0.4) is 0 Å². The van der Waals surface area contributed by atoms with Crippen LogP contribution in [0.4, 0.5) is 5.82 Å². The van der Waals surface area contributed by atoms with Crippen LogP contribution >= 0.6 is 0 Å². The fourth-order valence-corrected chi connectivity index (χ4v) is 2.58. The molecule has 0 bridgehead atoms. The Morgan fingerprint density at radius 1 is 1.13 bits per heavy atom. The molecule has 0 unspecified atom stereocenters. The van der Waals surface area contributed by atoms with E-state index in [1.54, 1.807) is 6.21 Å². The molecule has 0 radical (unpaired) electrons. The summed E-state index contributed by atoms with van der Waals surface area (Å²) in [4.78, 5) is 4.59. The molecule has 1 aromatic heterocycles. The molecule has 1 N–H and O–H groups in total. The molecule has 0 aliphatic carbocycles. The summed E-state index contributed by atoms with van der Waals surface area (Å²) in [6, 6.07) is 17.8. The highest BCUT2D eigenvalue weighted by molar-refractivity contribution is 5.92. The Morgan fingerprint density at radius 3 is 2.65 bits per heavy atom. The molecule has 0 aliphatic rings. The number of hydrogen-bond donors (Lipinski definition) is 1. The van der Waals surface area contributed by atoms with E-state index in [1.807, 2.05) is 62.5 Å². The SMILES string of the molecule is CNc1nc2ccc(C)cc2cc1/C=[N+](\[O-])Cc1ccccc1. The monoisotopic (exact) mass is 305 g/mol. The Hall–Kier alpha value is -2.88. The van der Waals surface area contributed by atoms with Gasteiger partial charge in [-0.15, -0.1) is 0 Å². The number of anilines is 1. The summed E-state index contributed by atoms with van der Waals surface area (Å²) in [5, 5.41) is 16.4. The summed E-state index contributed by atoms with van der Waals surface area (Å²) in [5.74, 6) is 0.704. The molecule has 4 nitrogen and oxygen atoms in total. The Morgan fingerprint density at radius 2 is 1.91 bits per heavy atom. The van der Waals surface area contributed by atoms with Gasteiger partial charge in [-0.25, -0.2) is 9.72 Å². The molecule has 1 heterocycles. The molecule has 0 spiro atoms. The summed E-state index contributed by atoms with van der Waals surface area (Å²) in [5.41, 5.74) is 3.86. The molecule has 2 aromatic carbocycles. The lowest BCUT2D eigenvalue weighted by Gasteiger charge is -2.09. The van der Waals surface area contributed by atoms with E-state index in [-0.39, 0.29) is 0 Å². The number of pyridine rings is 1. The summed E-state index contributed by atoms with van der Waals surface area (Å²) < 4.78 is 0.939. The molecular formula is C19H19N3O. The van der Waals surface area contributed by atoms with Crippen molar-refractivity contribution in [3.8, 4) is 0 Å². The first-order chi connectivity index (χ1) is 11.2. The lowest BCUT2D eigenvalue weighted by atomic mass is 10.1. The molecule has 23 heavy (non-hydrogen) atoms. The third kappa shape index (κ3) is 3.48. The van der Waals surface area contributed by atoms with E-state index in [9.17, 15) is 5.21 Å². The molecule has 116 valence electrons. The summed E-state index contributed by atoms with van der Waals surface area (Å²) in [7, 11) is 1.81. The van der Waals surface area contributed by atoms with Crippen LogP contribution in [0.25, 0.3) is 10.9 Å². The number of fused-ring (bicyclic) bond motifs is 1. The van der Waals surface area contributed by atoms with Crippen molar-refractivity contribution in [1.82, 2.24) is 4.98 Å². The zero-order chi connectivity index (χ0) is 16.2. The van der Waals surface area contributed by atoms with Gasteiger partial charge in [0, 0.05) is 18.0 Å². The second-order valence-electron chi connectivity index (χ2n) is 5.56. The molecule has 3 aromatic rings. The van der Waals surface area contributed by atoms with Gasteiger partial charge in [-0.1, -0.05) is 42.0 Å². The third-order valence-corrected chi connectivity index (χ3v) is 3.70. The first kappa shape index (κ1) is 15.0. The van der Waals surface area contributed by atoms with Crippen molar-refractivity contribution < 1.29 is 4.74 Å². The second kappa shape index (κ2) is 6.48. The molecule has 0 aliphatic heterocycles. The predicted molar refractivity (Wildman–Crippen MR) is 95.0 cm³/mol. The first-order valence-corrected chi connectivity index (χ1v) is 7.57. The van der Waals surface area contributed by atoms with Crippen LogP contribution in [0.1, 0.15) is 16.7 Å². The van der Waals surface area contributed by atoms with Gasteiger partial charge in [0.2, 0.25) is 0 Å². The van der Waals surface area contributed by atoms with E-state index in [2.05, 4.69) is 16.4 Å². The molecular weight excluding hydrogens is 286 g/mol. The number of benzene rings is 2. The molecule has 0 saturated carbocycles. The normalized spacial score (nSPS) is 11.7. The van der Waals surface area contributed by atoms with Gasteiger partial charge in [0.15, 0.2) is 12.8 Å². The van der Waals surface area contributed by atoms with Crippen LogP contribution in [0.15, 0.2) is 54.6 Å². The van der Waals surface area contributed by atoms with Crippen LogP contribution in [0.5, 0.6) is 0 Å². The molecule has 4 heteroatoms. The standard InChI is InChI=1S/C19H19N3O/c1-14-8-9-18-16(10-14)11-17(19(20-2)21-18)13-22(23)12-15-6-4-3-5-7-15/h3-11,13H,12H2,1-2H3,(H,20,21)/b22-13-. The summed E-state index contributed by atoms with van der Waals surface area (Å²) >= 11 is 0. The maximum atomic E-state index is 12.3. The highest BCUT2D eigenvalue weighted by Gasteiger charge is 2.08. The number of nitrogens with one attached hydrogen (secondary N) is 1. The predicted octanol–water partition coefficient (Wildman–Crippen LogP) is 3.71. The lowest BCUT2D eigenvalue weighted by Crippen LogP contribution is -2.08. The second-order valence-corrected chi connectivity index (χ2v) is 5.56. The molecule has 0 saturated heterocycles. The van der Waals surface area contributed by atoms with Gasteiger partial charge in [0.1, 0.15) is 5.82 Å².